The SMILES string of the molecule is CCCCC1=NC2(CCCN(C(=O)C3CCCC3)C2)C(=O)N1Cc1ccc(-c2ccccc2S(=O)(=O)Nc2noc(C)c2C)c(COCC)c1. The maximum absolute atomic E-state index is 14.4. The minimum Gasteiger partial charge on any atom is -0.377 e. The van der Waals surface area contributed by atoms with Gasteiger partial charge in [0.25, 0.3) is 15.9 Å². The van der Waals surface area contributed by atoms with Crippen LogP contribution in [0.3, 0.4) is 0 Å². The van der Waals surface area contributed by atoms with Crippen LogP contribution in [-0.2, 0) is 37.5 Å². The lowest BCUT2D eigenvalue weighted by molar-refractivity contribution is -0.141. The summed E-state index contributed by atoms with van der Waals surface area (Å²) in [6.07, 6.45) is 8.00. The average molecular weight is 704 g/mol. The lowest BCUT2D eigenvalue weighted by atomic mass is 9.88. The summed E-state index contributed by atoms with van der Waals surface area (Å²) >= 11 is 0. The number of rotatable bonds is 13. The molecular weight excluding hydrogens is 655 g/mol. The molecule has 11 nitrogen and oxygen atoms in total. The Kier molecular flexibility index (Phi) is 10.8. The summed E-state index contributed by atoms with van der Waals surface area (Å²) in [5.41, 5.74) is 2.61. The van der Waals surface area contributed by atoms with Crippen molar-refractivity contribution in [3.8, 4) is 11.1 Å². The molecular formula is C38H49N5O6S. The van der Waals surface area contributed by atoms with Crippen LogP contribution in [-0.4, -0.2) is 66.3 Å². The van der Waals surface area contributed by atoms with Crippen molar-refractivity contribution in [1.82, 2.24) is 15.0 Å². The third kappa shape index (κ3) is 7.23. The van der Waals surface area contributed by atoms with Gasteiger partial charge in [-0.05, 0) is 75.6 Å². The number of amides is 2. The number of hydrogen-bond donors (Lipinski definition) is 1. The average Bonchev–Trinajstić information content (AvgIpc) is 3.83. The van der Waals surface area contributed by atoms with Crippen LogP contribution >= 0.6 is 0 Å². The van der Waals surface area contributed by atoms with Gasteiger partial charge >= 0.3 is 0 Å². The zero-order valence-corrected chi connectivity index (χ0v) is 30.5. The van der Waals surface area contributed by atoms with Crippen LogP contribution in [0.25, 0.3) is 11.1 Å². The standard InChI is InChI=1S/C38H49N5O6S/c1-5-7-17-34-39-38(20-12-21-42(25-38)36(44)29-13-8-9-14-29)37(45)43(34)23-28-18-19-31(30(22-28)24-48-6-2)32-15-10-11-16-33(32)50(46,47)41-35-26(3)27(4)49-40-35/h10-11,15-16,18-19,22,29H,5-9,12-14,17,20-21,23-25H2,1-4H3,(H,40,41). The number of aromatic nitrogens is 1. The second kappa shape index (κ2) is 15.1. The van der Waals surface area contributed by atoms with Crippen LogP contribution in [0.4, 0.5) is 5.82 Å². The fourth-order valence-corrected chi connectivity index (χ4v) is 8.75. The van der Waals surface area contributed by atoms with Gasteiger partial charge in [0.15, 0.2) is 11.4 Å². The van der Waals surface area contributed by atoms with Gasteiger partial charge in [0.1, 0.15) is 11.6 Å². The second-order valence-electron chi connectivity index (χ2n) is 13.8. The number of unbranched alkanes of at least 4 members (excludes halogenated alkanes) is 1. The molecule has 2 fully saturated rings. The molecule has 3 heterocycles. The molecule has 3 aliphatic rings. The Balaban J connectivity index is 1.29. The van der Waals surface area contributed by atoms with E-state index in [1.165, 1.54) is 0 Å². The molecule has 1 saturated heterocycles. The summed E-state index contributed by atoms with van der Waals surface area (Å²) in [5.74, 6) is 1.68. The molecule has 0 radical (unpaired) electrons. The number of nitrogens with zero attached hydrogens (tertiary/aromatic N) is 4. The molecule has 0 bridgehead atoms. The molecule has 12 heteroatoms. The Hall–Kier alpha value is -4.03. The zero-order chi connectivity index (χ0) is 35.5. The van der Waals surface area contributed by atoms with Crippen LogP contribution in [0.1, 0.15) is 94.1 Å². The van der Waals surface area contributed by atoms with Crippen LogP contribution in [0.5, 0.6) is 0 Å². The van der Waals surface area contributed by atoms with Gasteiger partial charge in [-0.25, -0.2) is 8.42 Å². The van der Waals surface area contributed by atoms with E-state index in [9.17, 15) is 18.0 Å². The number of nitrogens with one attached hydrogen (secondary N) is 1. The Bertz CT molecular complexity index is 1860. The van der Waals surface area contributed by atoms with Crippen molar-refractivity contribution in [3.63, 3.8) is 0 Å². The minimum absolute atomic E-state index is 0.0381. The number of aliphatic imine (C=N–C) groups is 1. The lowest BCUT2D eigenvalue weighted by Crippen LogP contribution is -2.55. The van der Waals surface area contributed by atoms with Gasteiger partial charge in [-0.2, -0.15) is 0 Å². The maximum Gasteiger partial charge on any atom is 0.263 e. The first-order chi connectivity index (χ1) is 24.1. The van der Waals surface area contributed by atoms with Crippen molar-refractivity contribution in [2.24, 2.45) is 10.9 Å². The summed E-state index contributed by atoms with van der Waals surface area (Å²) in [5, 5.41) is 3.89. The van der Waals surface area contributed by atoms with E-state index < -0.39 is 15.6 Å². The van der Waals surface area contributed by atoms with Crippen molar-refractivity contribution in [2.45, 2.75) is 109 Å². The third-order valence-electron chi connectivity index (χ3n) is 10.4. The van der Waals surface area contributed by atoms with Gasteiger partial charge in [-0.15, -0.1) is 0 Å². The van der Waals surface area contributed by atoms with Crippen molar-refractivity contribution in [1.29, 1.82) is 0 Å². The van der Waals surface area contributed by atoms with Gasteiger partial charge in [0.2, 0.25) is 5.91 Å². The summed E-state index contributed by atoms with van der Waals surface area (Å²) in [6.45, 7) is 9.60. The van der Waals surface area contributed by atoms with Gasteiger partial charge in [-0.3, -0.25) is 24.2 Å². The first-order valence-electron chi connectivity index (χ1n) is 18.0. The number of likely N-dealkylation sites (tertiary alicyclic amines) is 1. The molecule has 6 rings (SSSR count). The number of aryl methyl sites for hydroxylation is 1. The van der Waals surface area contributed by atoms with Gasteiger partial charge in [0.05, 0.1) is 24.6 Å². The number of ether oxygens (including phenoxy) is 1. The van der Waals surface area contributed by atoms with Crippen molar-refractivity contribution in [2.75, 3.05) is 24.4 Å². The molecule has 1 unspecified atom stereocenters. The molecule has 1 atom stereocenters. The number of anilines is 1. The monoisotopic (exact) mass is 703 g/mol. The maximum atomic E-state index is 14.4. The topological polar surface area (TPSA) is 134 Å². The number of carbonyl (C=O) groups excluding carboxylic acids is 2. The summed E-state index contributed by atoms with van der Waals surface area (Å²) in [7, 11) is -4.03. The van der Waals surface area contributed by atoms with E-state index in [2.05, 4.69) is 16.8 Å². The van der Waals surface area contributed by atoms with E-state index in [1.54, 1.807) is 32.0 Å². The molecule has 1 aliphatic carbocycles. The smallest absolute Gasteiger partial charge is 0.263 e. The Morgan fingerprint density at radius 1 is 1.08 bits per heavy atom. The second-order valence-corrected chi connectivity index (χ2v) is 15.5. The largest absolute Gasteiger partial charge is 0.377 e. The van der Waals surface area contributed by atoms with Crippen molar-refractivity contribution < 1.29 is 27.3 Å². The Morgan fingerprint density at radius 2 is 1.86 bits per heavy atom. The molecule has 2 amide bonds. The normalized spacial score (nSPS) is 19.8. The fourth-order valence-electron chi connectivity index (χ4n) is 7.47. The Morgan fingerprint density at radius 3 is 2.58 bits per heavy atom. The molecule has 1 aromatic heterocycles. The van der Waals surface area contributed by atoms with E-state index in [1.807, 2.05) is 41.0 Å². The van der Waals surface area contributed by atoms with E-state index in [4.69, 9.17) is 14.3 Å². The first kappa shape index (κ1) is 35.8. The van der Waals surface area contributed by atoms with Gasteiger partial charge < -0.3 is 14.2 Å². The zero-order valence-electron chi connectivity index (χ0n) is 29.7. The number of piperidine rings is 1. The van der Waals surface area contributed by atoms with Crippen LogP contribution in [0.2, 0.25) is 0 Å². The van der Waals surface area contributed by atoms with E-state index in [-0.39, 0.29) is 35.1 Å². The molecule has 268 valence electrons. The summed E-state index contributed by atoms with van der Waals surface area (Å²) in [4.78, 5) is 36.8. The highest BCUT2D eigenvalue weighted by atomic mass is 32.2. The third-order valence-corrected chi connectivity index (χ3v) is 11.8. The van der Waals surface area contributed by atoms with Crippen molar-refractivity contribution in [3.05, 3.63) is 64.9 Å². The number of hydrogen-bond acceptors (Lipinski definition) is 8. The van der Waals surface area contributed by atoms with E-state index >= 15 is 0 Å². The number of benzene rings is 2. The lowest BCUT2D eigenvalue weighted by Gasteiger charge is -2.38. The first-order valence-corrected chi connectivity index (χ1v) is 19.5. The fraction of sp³-hybridized carbons (Fsp3) is 0.526. The molecule has 1 N–H and O–H groups in total. The molecule has 3 aromatic rings. The Labute approximate surface area is 295 Å². The number of amidine groups is 1. The van der Waals surface area contributed by atoms with Crippen LogP contribution in [0.15, 0.2) is 56.9 Å². The highest BCUT2D eigenvalue weighted by Gasteiger charge is 2.51. The molecule has 2 aromatic carbocycles. The molecule has 1 saturated carbocycles. The summed E-state index contributed by atoms with van der Waals surface area (Å²) < 4.78 is 41.1. The quantitative estimate of drug-likeness (QED) is 0.208. The predicted octanol–water partition coefficient (Wildman–Crippen LogP) is 6.78. The molecule has 1 spiro atoms. The highest BCUT2D eigenvalue weighted by molar-refractivity contribution is 7.92. The van der Waals surface area contributed by atoms with Gasteiger partial charge in [-0.1, -0.05) is 67.7 Å². The highest BCUT2D eigenvalue weighted by Crippen LogP contribution is 2.38. The predicted molar refractivity (Wildman–Crippen MR) is 192 cm³/mol. The number of carbonyl (C=O) groups is 2. The summed E-state index contributed by atoms with van der Waals surface area (Å²) in [6, 6.07) is 12.7. The van der Waals surface area contributed by atoms with Gasteiger partial charge in [0, 0.05) is 36.6 Å². The number of sulfonamides is 1. The molecule has 50 heavy (non-hydrogen) atoms. The van der Waals surface area contributed by atoms with E-state index in [0.717, 1.165) is 61.9 Å². The van der Waals surface area contributed by atoms with Crippen molar-refractivity contribution >= 4 is 33.5 Å². The van der Waals surface area contributed by atoms with E-state index in [0.29, 0.717) is 61.5 Å². The molecule has 2 aliphatic heterocycles. The van der Waals surface area contributed by atoms with Crippen LogP contribution < -0.4 is 4.72 Å². The minimum atomic E-state index is -4.03. The van der Waals surface area contributed by atoms with Crippen LogP contribution in [0, 0.1) is 19.8 Å².